The number of amides is 1. The van der Waals surface area contributed by atoms with E-state index in [0.29, 0.717) is 42.1 Å². The Balaban J connectivity index is 1.46. The van der Waals surface area contributed by atoms with Crippen LogP contribution in [0, 0.1) is 6.92 Å². The molecule has 1 N–H and O–H groups in total. The van der Waals surface area contributed by atoms with Crippen LogP contribution in [0.5, 0.6) is 5.75 Å². The third-order valence-electron chi connectivity index (χ3n) is 5.81. The van der Waals surface area contributed by atoms with Crippen LogP contribution in [0.15, 0.2) is 52.5 Å². The molecule has 1 aliphatic rings. The molecular formula is C24H29N5O4S2. The Morgan fingerprint density at radius 3 is 2.49 bits per heavy atom. The minimum atomic E-state index is -3.47. The van der Waals surface area contributed by atoms with E-state index in [9.17, 15) is 13.2 Å². The Bertz CT molecular complexity index is 1300. The van der Waals surface area contributed by atoms with Gasteiger partial charge in [0.15, 0.2) is 11.0 Å². The number of nitrogens with zero attached hydrogens (tertiary/aromatic N) is 4. The summed E-state index contributed by atoms with van der Waals surface area (Å²) in [7, 11) is -1.90. The van der Waals surface area contributed by atoms with Crippen molar-refractivity contribution in [2.24, 2.45) is 0 Å². The van der Waals surface area contributed by atoms with Gasteiger partial charge in [0, 0.05) is 25.2 Å². The summed E-state index contributed by atoms with van der Waals surface area (Å²) in [6.45, 7) is 5.66. The van der Waals surface area contributed by atoms with Crippen LogP contribution >= 0.6 is 11.8 Å². The lowest BCUT2D eigenvalue weighted by Crippen LogP contribution is -2.27. The molecular weight excluding hydrogens is 486 g/mol. The summed E-state index contributed by atoms with van der Waals surface area (Å²) in [5.74, 6) is 1.20. The fraction of sp³-hybridized carbons (Fsp3) is 0.375. The number of aromatic nitrogens is 3. The first-order valence-corrected chi connectivity index (χ1v) is 13.9. The molecule has 11 heteroatoms. The Kier molecular flexibility index (Phi) is 7.78. The molecule has 1 aromatic heterocycles. The number of sulfonamides is 1. The fourth-order valence-corrected chi connectivity index (χ4v) is 6.30. The Morgan fingerprint density at radius 1 is 1.11 bits per heavy atom. The molecule has 9 nitrogen and oxygen atoms in total. The second-order valence-corrected chi connectivity index (χ2v) is 11.1. The number of thioether (sulfide) groups is 1. The van der Waals surface area contributed by atoms with Crippen molar-refractivity contribution in [3.05, 3.63) is 48.0 Å². The van der Waals surface area contributed by atoms with Crippen molar-refractivity contribution in [1.82, 2.24) is 19.1 Å². The van der Waals surface area contributed by atoms with Crippen LogP contribution in [-0.2, 0) is 21.4 Å². The van der Waals surface area contributed by atoms with E-state index in [1.165, 1.54) is 16.1 Å². The van der Waals surface area contributed by atoms with Crippen LogP contribution in [0.3, 0.4) is 0 Å². The fourth-order valence-electron chi connectivity index (χ4n) is 3.98. The zero-order valence-corrected chi connectivity index (χ0v) is 21.7. The highest BCUT2D eigenvalue weighted by Gasteiger charge is 2.27. The number of hydrogen-bond donors (Lipinski definition) is 1. The van der Waals surface area contributed by atoms with Gasteiger partial charge in [-0.3, -0.25) is 4.79 Å². The van der Waals surface area contributed by atoms with Gasteiger partial charge >= 0.3 is 0 Å². The van der Waals surface area contributed by atoms with Crippen molar-refractivity contribution in [2.45, 2.75) is 43.3 Å². The van der Waals surface area contributed by atoms with E-state index in [0.717, 1.165) is 24.0 Å². The largest absolute Gasteiger partial charge is 0.495 e. The maximum Gasteiger partial charge on any atom is 0.243 e. The summed E-state index contributed by atoms with van der Waals surface area (Å²) < 4.78 is 34.3. The second kappa shape index (κ2) is 10.8. The van der Waals surface area contributed by atoms with Crippen molar-refractivity contribution in [2.75, 3.05) is 31.3 Å². The minimum absolute atomic E-state index is 0.155. The van der Waals surface area contributed by atoms with Gasteiger partial charge in [0.2, 0.25) is 15.9 Å². The minimum Gasteiger partial charge on any atom is -0.495 e. The van der Waals surface area contributed by atoms with Gasteiger partial charge in [-0.15, -0.1) is 10.2 Å². The van der Waals surface area contributed by atoms with E-state index >= 15 is 0 Å². The van der Waals surface area contributed by atoms with Crippen molar-refractivity contribution < 1.29 is 17.9 Å². The lowest BCUT2D eigenvalue weighted by molar-refractivity contribution is -0.113. The number of aryl methyl sites for hydroxylation is 1. The first kappa shape index (κ1) is 25.2. The number of rotatable bonds is 9. The van der Waals surface area contributed by atoms with Crippen LogP contribution in [-0.4, -0.2) is 59.3 Å². The molecule has 0 atom stereocenters. The number of methoxy groups -OCH3 is 1. The molecule has 2 heterocycles. The van der Waals surface area contributed by atoms with Gasteiger partial charge in [-0.2, -0.15) is 4.31 Å². The number of hydrogen-bond acceptors (Lipinski definition) is 7. The van der Waals surface area contributed by atoms with Crippen LogP contribution in [0.25, 0.3) is 11.4 Å². The van der Waals surface area contributed by atoms with E-state index in [1.54, 1.807) is 31.4 Å². The van der Waals surface area contributed by atoms with Crippen molar-refractivity contribution >= 4 is 33.4 Å². The second-order valence-electron chi connectivity index (χ2n) is 8.23. The molecule has 0 spiro atoms. The number of carbonyl (C=O) groups is 1. The monoisotopic (exact) mass is 515 g/mol. The number of carbonyl (C=O) groups excluding carboxylic acids is 1. The van der Waals surface area contributed by atoms with Crippen LogP contribution < -0.4 is 10.1 Å². The molecule has 1 saturated heterocycles. The molecule has 186 valence electrons. The highest BCUT2D eigenvalue weighted by atomic mass is 32.2. The molecule has 3 aromatic rings. The normalized spacial score (nSPS) is 14.3. The molecule has 1 amide bonds. The molecule has 0 unspecified atom stereocenters. The molecule has 0 bridgehead atoms. The topological polar surface area (TPSA) is 106 Å². The van der Waals surface area contributed by atoms with Crippen molar-refractivity contribution in [3.63, 3.8) is 0 Å². The van der Waals surface area contributed by atoms with E-state index in [2.05, 4.69) is 15.5 Å². The molecule has 1 aliphatic heterocycles. The maximum absolute atomic E-state index is 12.8. The number of ether oxygens (including phenoxy) is 1. The third kappa shape index (κ3) is 5.52. The Hall–Kier alpha value is -2.89. The van der Waals surface area contributed by atoms with E-state index in [4.69, 9.17) is 4.74 Å². The molecule has 35 heavy (non-hydrogen) atoms. The van der Waals surface area contributed by atoms with Crippen LogP contribution in [0.4, 0.5) is 5.69 Å². The molecule has 0 aliphatic carbocycles. The van der Waals surface area contributed by atoms with Gasteiger partial charge < -0.3 is 14.6 Å². The van der Waals surface area contributed by atoms with Gasteiger partial charge in [-0.25, -0.2) is 8.42 Å². The first-order valence-electron chi connectivity index (χ1n) is 11.4. The highest BCUT2D eigenvalue weighted by molar-refractivity contribution is 7.99. The Morgan fingerprint density at radius 2 is 1.83 bits per heavy atom. The van der Waals surface area contributed by atoms with Gasteiger partial charge in [0.25, 0.3) is 0 Å². The SMILES string of the molecule is CCn1c(SCC(=O)Nc2cc(C)ccc2OC)nnc1-c1ccc(S(=O)(=O)N2CCCC2)cc1. The molecule has 4 rings (SSSR count). The maximum atomic E-state index is 12.8. The van der Waals surface area contributed by atoms with E-state index in [1.807, 2.05) is 36.6 Å². The predicted molar refractivity (Wildman–Crippen MR) is 136 cm³/mol. The quantitative estimate of drug-likeness (QED) is 0.432. The number of benzene rings is 2. The number of anilines is 1. The summed E-state index contributed by atoms with van der Waals surface area (Å²) in [5.41, 5.74) is 2.41. The van der Waals surface area contributed by atoms with E-state index in [-0.39, 0.29) is 16.6 Å². The average Bonchev–Trinajstić information content (AvgIpc) is 3.53. The van der Waals surface area contributed by atoms with Gasteiger partial charge in [-0.1, -0.05) is 17.8 Å². The predicted octanol–water partition coefficient (Wildman–Crippen LogP) is 3.80. The first-order chi connectivity index (χ1) is 16.8. The molecule has 1 fully saturated rings. The summed E-state index contributed by atoms with van der Waals surface area (Å²) >= 11 is 1.29. The molecule has 0 radical (unpaired) electrons. The summed E-state index contributed by atoms with van der Waals surface area (Å²) in [5, 5.41) is 12.1. The zero-order valence-electron chi connectivity index (χ0n) is 20.0. The van der Waals surface area contributed by atoms with Crippen LogP contribution in [0.2, 0.25) is 0 Å². The van der Waals surface area contributed by atoms with E-state index < -0.39 is 10.0 Å². The smallest absolute Gasteiger partial charge is 0.243 e. The van der Waals surface area contributed by atoms with Gasteiger partial charge in [-0.05, 0) is 68.7 Å². The van der Waals surface area contributed by atoms with Gasteiger partial charge in [0.1, 0.15) is 5.75 Å². The van der Waals surface area contributed by atoms with Crippen molar-refractivity contribution in [1.29, 1.82) is 0 Å². The summed E-state index contributed by atoms with van der Waals surface area (Å²) in [4.78, 5) is 12.9. The highest BCUT2D eigenvalue weighted by Crippen LogP contribution is 2.28. The Labute approximate surface area is 209 Å². The summed E-state index contributed by atoms with van der Waals surface area (Å²) in [6, 6.07) is 12.3. The average molecular weight is 516 g/mol. The van der Waals surface area contributed by atoms with Crippen LogP contribution in [0.1, 0.15) is 25.3 Å². The zero-order chi connectivity index (χ0) is 25.0. The lowest BCUT2D eigenvalue weighted by Gasteiger charge is -2.15. The summed E-state index contributed by atoms with van der Waals surface area (Å²) in [6.07, 6.45) is 1.79. The van der Waals surface area contributed by atoms with Crippen molar-refractivity contribution in [3.8, 4) is 17.1 Å². The lowest BCUT2D eigenvalue weighted by atomic mass is 10.2. The third-order valence-corrected chi connectivity index (χ3v) is 8.69. The standard InChI is InChI=1S/C24H29N5O4S2/c1-4-29-23(18-8-10-19(11-9-18)35(31,32)28-13-5-6-14-28)26-27-24(29)34-16-22(30)25-20-15-17(2)7-12-21(20)33-3/h7-12,15H,4-6,13-14,16H2,1-3H3,(H,25,30). The van der Waals surface area contributed by atoms with Gasteiger partial charge in [0.05, 0.1) is 23.4 Å². The molecule has 0 saturated carbocycles. The molecule has 2 aromatic carbocycles. The number of nitrogens with one attached hydrogen (secondary N) is 1.